The molecule has 0 saturated carbocycles. The summed E-state index contributed by atoms with van der Waals surface area (Å²) >= 11 is 0. The third-order valence-electron chi connectivity index (χ3n) is 7.47. The van der Waals surface area contributed by atoms with Gasteiger partial charge in [-0.1, -0.05) is 66.7 Å². The first-order valence-corrected chi connectivity index (χ1v) is 15.0. The van der Waals surface area contributed by atoms with E-state index in [-0.39, 0.29) is 17.7 Å². The van der Waals surface area contributed by atoms with E-state index in [0.29, 0.717) is 24.5 Å². The molecule has 1 aliphatic rings. The van der Waals surface area contributed by atoms with Crippen molar-refractivity contribution >= 4 is 21.4 Å². The summed E-state index contributed by atoms with van der Waals surface area (Å²) in [7, 11) is -1.80. The second kappa shape index (κ2) is 13.1. The molecular weight excluding hydrogens is 496 g/mol. The van der Waals surface area contributed by atoms with Gasteiger partial charge in [0.25, 0.3) is 0 Å². The van der Waals surface area contributed by atoms with E-state index in [9.17, 15) is 13.2 Å². The number of carbonyl (C=O) groups excluding carboxylic acids is 1. The van der Waals surface area contributed by atoms with Crippen molar-refractivity contribution in [3.63, 3.8) is 0 Å². The van der Waals surface area contributed by atoms with Crippen LogP contribution in [0.4, 0.5) is 5.69 Å². The predicted molar refractivity (Wildman–Crippen MR) is 153 cm³/mol. The number of anilines is 1. The van der Waals surface area contributed by atoms with E-state index >= 15 is 0 Å². The van der Waals surface area contributed by atoms with E-state index in [1.807, 2.05) is 84.9 Å². The van der Waals surface area contributed by atoms with Gasteiger partial charge in [-0.2, -0.15) is 0 Å². The van der Waals surface area contributed by atoms with Crippen molar-refractivity contribution < 1.29 is 17.9 Å². The Morgan fingerprint density at radius 1 is 0.974 bits per heavy atom. The van der Waals surface area contributed by atoms with E-state index < -0.39 is 15.1 Å². The molecule has 6 nitrogen and oxygen atoms in total. The average molecular weight is 535 g/mol. The molecule has 1 heterocycles. The zero-order valence-electron chi connectivity index (χ0n) is 22.3. The lowest BCUT2D eigenvalue weighted by molar-refractivity contribution is -0.117. The van der Waals surface area contributed by atoms with Crippen molar-refractivity contribution in [3.05, 3.63) is 96.1 Å². The highest BCUT2D eigenvalue weighted by molar-refractivity contribution is 7.90. The summed E-state index contributed by atoms with van der Waals surface area (Å²) in [5, 5.41) is 2.41. The summed E-state index contributed by atoms with van der Waals surface area (Å²) in [6, 6.07) is 26.5. The van der Waals surface area contributed by atoms with Gasteiger partial charge in [0.15, 0.2) is 9.84 Å². The Bertz CT molecular complexity index is 1270. The third kappa shape index (κ3) is 7.68. The highest BCUT2D eigenvalue weighted by Crippen LogP contribution is 2.33. The average Bonchev–Trinajstić information content (AvgIpc) is 2.92. The zero-order chi connectivity index (χ0) is 27.0. The lowest BCUT2D eigenvalue weighted by Crippen LogP contribution is -2.41. The van der Waals surface area contributed by atoms with Gasteiger partial charge in [-0.05, 0) is 68.5 Å². The number of benzene rings is 3. The number of carbonyl (C=O) groups is 1. The Hall–Kier alpha value is -3.16. The van der Waals surface area contributed by atoms with Crippen LogP contribution in [0, 0.1) is 5.92 Å². The number of piperidine rings is 1. The Morgan fingerprint density at radius 3 is 2.29 bits per heavy atom. The second-order valence-corrected chi connectivity index (χ2v) is 12.4. The summed E-state index contributed by atoms with van der Waals surface area (Å²) < 4.78 is 32.5. The van der Waals surface area contributed by atoms with Gasteiger partial charge in [0.2, 0.25) is 5.91 Å². The van der Waals surface area contributed by atoms with Gasteiger partial charge in [-0.15, -0.1) is 0 Å². The first-order chi connectivity index (χ1) is 18.3. The minimum absolute atomic E-state index is 0.0147. The number of sulfone groups is 1. The fourth-order valence-corrected chi connectivity index (χ4v) is 7.30. The summed E-state index contributed by atoms with van der Waals surface area (Å²) in [6.07, 6.45) is 2.86. The van der Waals surface area contributed by atoms with Gasteiger partial charge < -0.3 is 15.0 Å². The number of hydrogen-bond donors (Lipinski definition) is 1. The maximum Gasteiger partial charge on any atom is 0.224 e. The standard InChI is InChI=1S/C31H38N2O4S/c1-24(20-30(27-12-7-4-8-13-27)38(35,36)23-26-10-5-3-6-11-26)33-18-16-25(17-19-33)21-31(34)32-28-14-9-15-29(22-28)37-2/h3-15,22,24-25,30H,16-21,23H2,1-2H3,(H,32,34)/t24-,30?/m1/s1. The van der Waals surface area contributed by atoms with Gasteiger partial charge in [0.1, 0.15) is 5.75 Å². The minimum Gasteiger partial charge on any atom is -0.497 e. The van der Waals surface area contributed by atoms with Crippen molar-refractivity contribution in [2.24, 2.45) is 5.92 Å². The van der Waals surface area contributed by atoms with Crippen molar-refractivity contribution in [3.8, 4) is 5.75 Å². The van der Waals surface area contributed by atoms with E-state index in [2.05, 4.69) is 17.1 Å². The van der Waals surface area contributed by atoms with Crippen LogP contribution in [0.5, 0.6) is 5.75 Å². The summed E-state index contributed by atoms with van der Waals surface area (Å²) in [4.78, 5) is 15.0. The fourth-order valence-electron chi connectivity index (χ4n) is 5.30. The number of methoxy groups -OCH3 is 1. The Morgan fingerprint density at radius 2 is 1.63 bits per heavy atom. The SMILES string of the molecule is COc1cccc(NC(=O)CC2CCN([C@H](C)CC(c3ccccc3)S(=O)(=O)Cc3ccccc3)CC2)c1. The maximum absolute atomic E-state index is 13.6. The quantitative estimate of drug-likeness (QED) is 0.333. The summed E-state index contributed by atoms with van der Waals surface area (Å²) in [5.74, 6) is 1.08. The van der Waals surface area contributed by atoms with Crippen molar-refractivity contribution in [2.75, 3.05) is 25.5 Å². The molecule has 1 fully saturated rings. The molecule has 3 aromatic rings. The molecule has 1 amide bonds. The number of ether oxygens (including phenoxy) is 1. The second-order valence-electron chi connectivity index (χ2n) is 10.2. The van der Waals surface area contributed by atoms with E-state index in [1.165, 1.54) is 0 Å². The molecule has 202 valence electrons. The molecule has 0 aliphatic carbocycles. The van der Waals surface area contributed by atoms with Crippen LogP contribution in [0.25, 0.3) is 0 Å². The smallest absolute Gasteiger partial charge is 0.224 e. The number of likely N-dealkylation sites (tertiary alicyclic amines) is 1. The van der Waals surface area contributed by atoms with Gasteiger partial charge in [-0.3, -0.25) is 4.79 Å². The highest BCUT2D eigenvalue weighted by Gasteiger charge is 2.32. The van der Waals surface area contributed by atoms with Gasteiger partial charge >= 0.3 is 0 Å². The van der Waals surface area contributed by atoms with Crippen LogP contribution in [0.1, 0.15) is 49.0 Å². The molecule has 7 heteroatoms. The largest absolute Gasteiger partial charge is 0.497 e. The Balaban J connectivity index is 1.34. The monoisotopic (exact) mass is 534 g/mol. The molecule has 0 bridgehead atoms. The number of amides is 1. The zero-order valence-corrected chi connectivity index (χ0v) is 23.1. The summed E-state index contributed by atoms with van der Waals surface area (Å²) in [6.45, 7) is 3.85. The molecule has 1 saturated heterocycles. The molecule has 38 heavy (non-hydrogen) atoms. The van der Waals surface area contributed by atoms with Crippen molar-refractivity contribution in [1.82, 2.24) is 4.90 Å². The third-order valence-corrected chi connectivity index (χ3v) is 9.54. The van der Waals surface area contributed by atoms with E-state index in [1.54, 1.807) is 7.11 Å². The minimum atomic E-state index is -3.41. The molecule has 4 rings (SSSR count). The lowest BCUT2D eigenvalue weighted by atomic mass is 9.91. The van der Waals surface area contributed by atoms with Crippen LogP contribution < -0.4 is 10.1 Å². The van der Waals surface area contributed by atoms with Crippen LogP contribution in [0.15, 0.2) is 84.9 Å². The molecule has 3 aromatic carbocycles. The van der Waals surface area contributed by atoms with Crippen LogP contribution in [0.2, 0.25) is 0 Å². The Kier molecular flexibility index (Phi) is 9.58. The molecule has 0 aromatic heterocycles. The highest BCUT2D eigenvalue weighted by atomic mass is 32.2. The summed E-state index contributed by atoms with van der Waals surface area (Å²) in [5.41, 5.74) is 2.40. The topological polar surface area (TPSA) is 75.7 Å². The molecule has 1 aliphatic heterocycles. The van der Waals surface area contributed by atoms with Crippen molar-refractivity contribution in [1.29, 1.82) is 0 Å². The van der Waals surface area contributed by atoms with Crippen LogP contribution in [0.3, 0.4) is 0 Å². The molecule has 1 unspecified atom stereocenters. The normalized spacial score (nSPS) is 16.5. The van der Waals surface area contributed by atoms with Gasteiger partial charge in [-0.25, -0.2) is 8.42 Å². The molecule has 0 spiro atoms. The Labute approximate surface area is 226 Å². The first kappa shape index (κ1) is 27.9. The van der Waals surface area contributed by atoms with Crippen LogP contribution in [-0.4, -0.2) is 45.5 Å². The number of hydrogen-bond acceptors (Lipinski definition) is 5. The van der Waals surface area contributed by atoms with E-state index in [0.717, 1.165) is 42.7 Å². The lowest BCUT2D eigenvalue weighted by Gasteiger charge is -2.37. The number of rotatable bonds is 11. The molecule has 1 N–H and O–H groups in total. The molecule has 0 radical (unpaired) electrons. The van der Waals surface area contributed by atoms with Gasteiger partial charge in [0, 0.05) is 24.2 Å². The van der Waals surface area contributed by atoms with Gasteiger partial charge in [0.05, 0.1) is 18.1 Å². The number of nitrogens with zero attached hydrogens (tertiary/aromatic N) is 1. The molecular formula is C31H38N2O4S. The molecule has 2 atom stereocenters. The first-order valence-electron chi connectivity index (χ1n) is 13.3. The number of nitrogens with one attached hydrogen (secondary N) is 1. The van der Waals surface area contributed by atoms with Crippen LogP contribution >= 0.6 is 0 Å². The van der Waals surface area contributed by atoms with Crippen LogP contribution in [-0.2, 0) is 20.4 Å². The maximum atomic E-state index is 13.6. The van der Waals surface area contributed by atoms with E-state index in [4.69, 9.17) is 4.74 Å². The van der Waals surface area contributed by atoms with Crippen molar-refractivity contribution in [2.45, 2.75) is 49.7 Å². The fraction of sp³-hybridized carbons (Fsp3) is 0.387. The predicted octanol–water partition coefficient (Wildman–Crippen LogP) is 5.87.